The van der Waals surface area contributed by atoms with Crippen LogP contribution in [0, 0.1) is 5.41 Å². The maximum absolute atomic E-state index is 12.3. The van der Waals surface area contributed by atoms with E-state index in [0.717, 1.165) is 44.1 Å². The van der Waals surface area contributed by atoms with Crippen LogP contribution in [0.5, 0.6) is 0 Å². The summed E-state index contributed by atoms with van der Waals surface area (Å²) in [6.07, 6.45) is 17.1. The molecule has 100 valence electrons. The SMILES string of the molecule is CC(C)(C)C(=O)C1=CCCC=CCC=CCCC1. The van der Waals surface area contributed by atoms with Crippen LogP contribution in [0.15, 0.2) is 36.0 Å². The Morgan fingerprint density at radius 2 is 1.67 bits per heavy atom. The van der Waals surface area contributed by atoms with E-state index in [9.17, 15) is 4.79 Å². The first-order valence-electron chi connectivity index (χ1n) is 7.05. The van der Waals surface area contributed by atoms with Gasteiger partial charge in [-0.25, -0.2) is 0 Å². The minimum atomic E-state index is -0.255. The van der Waals surface area contributed by atoms with Crippen molar-refractivity contribution in [3.63, 3.8) is 0 Å². The first-order valence-corrected chi connectivity index (χ1v) is 7.05. The minimum Gasteiger partial charge on any atom is -0.294 e. The Morgan fingerprint density at radius 3 is 2.33 bits per heavy atom. The van der Waals surface area contributed by atoms with Gasteiger partial charge in [-0.15, -0.1) is 0 Å². The first kappa shape index (κ1) is 14.9. The zero-order valence-corrected chi connectivity index (χ0v) is 12.0. The molecule has 0 unspecified atom stereocenters. The topological polar surface area (TPSA) is 17.1 Å². The molecule has 18 heavy (non-hydrogen) atoms. The third-order valence-electron chi connectivity index (χ3n) is 3.12. The predicted octanol–water partition coefficient (Wildman–Crippen LogP) is 4.99. The Bertz CT molecular complexity index is 350. The summed E-state index contributed by atoms with van der Waals surface area (Å²) in [5, 5.41) is 0. The first-order chi connectivity index (χ1) is 8.52. The van der Waals surface area contributed by atoms with Crippen molar-refractivity contribution in [1.82, 2.24) is 0 Å². The van der Waals surface area contributed by atoms with Crippen molar-refractivity contribution in [1.29, 1.82) is 0 Å². The fraction of sp³-hybridized carbons (Fsp3) is 0.588. The summed E-state index contributed by atoms with van der Waals surface area (Å²) in [4.78, 5) is 12.3. The molecule has 0 heterocycles. The van der Waals surface area contributed by atoms with E-state index < -0.39 is 0 Å². The highest BCUT2D eigenvalue weighted by atomic mass is 16.1. The lowest BCUT2D eigenvalue weighted by molar-refractivity contribution is -0.122. The van der Waals surface area contributed by atoms with E-state index in [1.807, 2.05) is 20.8 Å². The van der Waals surface area contributed by atoms with Crippen LogP contribution in [-0.2, 0) is 4.79 Å². The fourth-order valence-electron chi connectivity index (χ4n) is 2.06. The van der Waals surface area contributed by atoms with Gasteiger partial charge in [-0.05, 0) is 44.1 Å². The van der Waals surface area contributed by atoms with Gasteiger partial charge in [0.1, 0.15) is 0 Å². The largest absolute Gasteiger partial charge is 0.294 e. The highest BCUT2D eigenvalue weighted by molar-refractivity contribution is 5.99. The van der Waals surface area contributed by atoms with Crippen molar-refractivity contribution in [2.75, 3.05) is 0 Å². The van der Waals surface area contributed by atoms with Crippen LogP contribution in [0.25, 0.3) is 0 Å². The standard InChI is InChI=1S/C17H26O/c1-17(2,3)16(18)15-13-11-9-7-5-4-6-8-10-12-14-15/h5-8,13H,4,9-12,14H2,1-3H3. The predicted molar refractivity (Wildman–Crippen MR) is 78.5 cm³/mol. The lowest BCUT2D eigenvalue weighted by atomic mass is 9.84. The van der Waals surface area contributed by atoms with E-state index in [1.54, 1.807) is 0 Å². The van der Waals surface area contributed by atoms with E-state index in [2.05, 4.69) is 30.4 Å². The fourth-order valence-corrected chi connectivity index (χ4v) is 2.06. The maximum atomic E-state index is 12.3. The summed E-state index contributed by atoms with van der Waals surface area (Å²) in [7, 11) is 0. The zero-order valence-electron chi connectivity index (χ0n) is 12.0. The highest BCUT2D eigenvalue weighted by Crippen LogP contribution is 2.24. The molecule has 0 aromatic heterocycles. The second-order valence-corrected chi connectivity index (χ2v) is 5.96. The van der Waals surface area contributed by atoms with Crippen molar-refractivity contribution in [3.05, 3.63) is 36.0 Å². The Kier molecular flexibility index (Phi) is 6.11. The smallest absolute Gasteiger partial charge is 0.163 e. The van der Waals surface area contributed by atoms with Crippen molar-refractivity contribution in [2.45, 2.75) is 59.3 Å². The van der Waals surface area contributed by atoms with Gasteiger partial charge in [-0.2, -0.15) is 0 Å². The third kappa shape index (κ3) is 5.48. The molecule has 0 saturated heterocycles. The molecule has 0 aromatic carbocycles. The number of hydrogen-bond acceptors (Lipinski definition) is 1. The lowest BCUT2D eigenvalue weighted by Gasteiger charge is -2.19. The van der Waals surface area contributed by atoms with Gasteiger partial charge in [0.15, 0.2) is 5.78 Å². The van der Waals surface area contributed by atoms with E-state index in [4.69, 9.17) is 0 Å². The average Bonchev–Trinajstić information content (AvgIpc) is 2.28. The van der Waals surface area contributed by atoms with Gasteiger partial charge in [0.05, 0.1) is 0 Å². The van der Waals surface area contributed by atoms with Crippen molar-refractivity contribution in [3.8, 4) is 0 Å². The number of carbonyl (C=O) groups is 1. The number of hydrogen-bond donors (Lipinski definition) is 0. The number of ketones is 1. The molecule has 0 radical (unpaired) electrons. The average molecular weight is 246 g/mol. The van der Waals surface area contributed by atoms with Crippen LogP contribution in [-0.4, -0.2) is 5.78 Å². The van der Waals surface area contributed by atoms with E-state index in [1.165, 1.54) is 0 Å². The molecule has 1 heteroatoms. The second kappa shape index (κ2) is 7.35. The molecule has 0 atom stereocenters. The van der Waals surface area contributed by atoms with Crippen molar-refractivity contribution >= 4 is 5.78 Å². The molecule has 0 amide bonds. The minimum absolute atomic E-state index is 0.255. The number of allylic oxidation sites excluding steroid dienone is 6. The van der Waals surface area contributed by atoms with E-state index in [-0.39, 0.29) is 5.41 Å². The monoisotopic (exact) mass is 246 g/mol. The summed E-state index contributed by atoms with van der Waals surface area (Å²) in [6, 6.07) is 0. The molecule has 0 N–H and O–H groups in total. The van der Waals surface area contributed by atoms with Crippen molar-refractivity contribution < 1.29 is 4.79 Å². The highest BCUT2D eigenvalue weighted by Gasteiger charge is 2.24. The normalized spacial score (nSPS) is 18.7. The molecule has 0 spiro atoms. The summed E-state index contributed by atoms with van der Waals surface area (Å²) >= 11 is 0. The molecule has 0 aliphatic heterocycles. The second-order valence-electron chi connectivity index (χ2n) is 5.96. The Morgan fingerprint density at radius 1 is 1.00 bits per heavy atom. The van der Waals surface area contributed by atoms with Crippen LogP contribution in [0.2, 0.25) is 0 Å². The number of rotatable bonds is 1. The molecule has 1 aliphatic carbocycles. The molecule has 0 aromatic rings. The van der Waals surface area contributed by atoms with Gasteiger partial charge < -0.3 is 0 Å². The van der Waals surface area contributed by atoms with Crippen LogP contribution >= 0.6 is 0 Å². The van der Waals surface area contributed by atoms with Gasteiger partial charge >= 0.3 is 0 Å². The molecule has 0 fully saturated rings. The molecule has 0 bridgehead atoms. The Hall–Kier alpha value is -1.11. The van der Waals surface area contributed by atoms with Crippen molar-refractivity contribution in [2.24, 2.45) is 5.41 Å². The Labute approximate surface area is 112 Å². The van der Waals surface area contributed by atoms with Gasteiger partial charge in [-0.1, -0.05) is 51.2 Å². The van der Waals surface area contributed by atoms with Gasteiger partial charge in [0.2, 0.25) is 0 Å². The molecular weight excluding hydrogens is 220 g/mol. The maximum Gasteiger partial charge on any atom is 0.163 e. The number of carbonyl (C=O) groups excluding carboxylic acids is 1. The molecule has 1 nitrogen and oxygen atoms in total. The third-order valence-corrected chi connectivity index (χ3v) is 3.12. The van der Waals surface area contributed by atoms with Crippen LogP contribution in [0.3, 0.4) is 0 Å². The summed E-state index contributed by atoms with van der Waals surface area (Å²) < 4.78 is 0. The molecule has 1 rings (SSSR count). The lowest BCUT2D eigenvalue weighted by Crippen LogP contribution is -2.22. The van der Waals surface area contributed by atoms with Crippen LogP contribution < -0.4 is 0 Å². The summed E-state index contributed by atoms with van der Waals surface area (Å²) in [5.74, 6) is 0.313. The van der Waals surface area contributed by atoms with Gasteiger partial charge in [0, 0.05) is 5.41 Å². The quantitative estimate of drug-likeness (QED) is 0.595. The Balaban J connectivity index is 2.73. The van der Waals surface area contributed by atoms with E-state index >= 15 is 0 Å². The molecule has 1 aliphatic rings. The number of Topliss-reactive ketones (excluding diaryl/α,β-unsaturated/α-hetero) is 1. The molecular formula is C17H26O. The van der Waals surface area contributed by atoms with Gasteiger partial charge in [0.25, 0.3) is 0 Å². The van der Waals surface area contributed by atoms with Crippen LogP contribution in [0.4, 0.5) is 0 Å². The summed E-state index contributed by atoms with van der Waals surface area (Å²) in [6.45, 7) is 6.02. The van der Waals surface area contributed by atoms with Gasteiger partial charge in [-0.3, -0.25) is 4.79 Å². The summed E-state index contributed by atoms with van der Waals surface area (Å²) in [5.41, 5.74) is 0.777. The zero-order chi connectivity index (χ0) is 13.4. The van der Waals surface area contributed by atoms with E-state index in [0.29, 0.717) is 5.78 Å². The van der Waals surface area contributed by atoms with Crippen LogP contribution in [0.1, 0.15) is 59.3 Å². The molecule has 0 saturated carbocycles.